The van der Waals surface area contributed by atoms with Crippen LogP contribution in [0.15, 0.2) is 195 Å². The minimum absolute atomic E-state index is 0.00981. The van der Waals surface area contributed by atoms with E-state index in [1.54, 1.807) is 10.9 Å². The quantitative estimate of drug-likeness (QED) is 0.112. The average molecular weight is 794 g/mol. The maximum absolute atomic E-state index is 12.8. The molecular formula is C50H43N5O5. The van der Waals surface area contributed by atoms with Gasteiger partial charge in [0.25, 0.3) is 0 Å². The lowest BCUT2D eigenvalue weighted by Crippen LogP contribution is -2.46. The number of nitrogens with one attached hydrogen (secondary N) is 1. The van der Waals surface area contributed by atoms with Gasteiger partial charge in [0.15, 0.2) is 23.2 Å². The van der Waals surface area contributed by atoms with E-state index in [0.717, 1.165) is 33.4 Å². The first-order valence-corrected chi connectivity index (χ1v) is 19.9. The standard InChI is InChI=1S/C50H43N5O5/c1-35(56)54-46-43-47(52-33-51-46)55(34-53-43)48-44(57)45(60-50(39-26-14-5-15-27-39,40-28-16-6-17-29-40)41-30-18-7-19-31-41)42(59-48)32-58-49(36-20-8-2-9-21-36,37-22-10-3-11-23-37)38-24-12-4-13-25-38/h2-31,33-34,42,44-45,48,57H,32H2,1H3,(H,51,52,54,56)/t42-,44-,45-,48-/m1/s1. The summed E-state index contributed by atoms with van der Waals surface area (Å²) in [6.07, 6.45) is -1.27. The molecule has 10 heteroatoms. The average Bonchev–Trinajstić information content (AvgIpc) is 3.88. The van der Waals surface area contributed by atoms with E-state index in [1.807, 2.05) is 146 Å². The van der Waals surface area contributed by atoms with E-state index < -0.39 is 35.7 Å². The Kier molecular flexibility index (Phi) is 10.8. The number of rotatable bonds is 13. The second kappa shape index (κ2) is 16.8. The van der Waals surface area contributed by atoms with E-state index in [9.17, 15) is 9.90 Å². The molecule has 8 aromatic rings. The molecule has 298 valence electrons. The number of hydrogen-bond donors (Lipinski definition) is 2. The lowest BCUT2D eigenvalue weighted by atomic mass is 9.79. The number of benzene rings is 6. The number of imidazole rings is 1. The van der Waals surface area contributed by atoms with Crippen molar-refractivity contribution < 1.29 is 24.1 Å². The molecule has 0 aliphatic carbocycles. The fourth-order valence-electron chi connectivity index (χ4n) is 8.43. The second-order valence-corrected chi connectivity index (χ2v) is 14.7. The summed E-state index contributed by atoms with van der Waals surface area (Å²) >= 11 is 0. The molecule has 1 fully saturated rings. The van der Waals surface area contributed by atoms with E-state index >= 15 is 0 Å². The largest absolute Gasteiger partial charge is 0.386 e. The molecule has 1 saturated heterocycles. The van der Waals surface area contributed by atoms with E-state index in [0.29, 0.717) is 11.2 Å². The first kappa shape index (κ1) is 38.7. The van der Waals surface area contributed by atoms with Crippen LogP contribution in [0.5, 0.6) is 0 Å². The number of fused-ring (bicyclic) bond motifs is 1. The number of amides is 1. The summed E-state index contributed by atoms with van der Waals surface area (Å²) in [5.74, 6) is -0.0498. The first-order valence-electron chi connectivity index (χ1n) is 19.9. The lowest BCUT2D eigenvalue weighted by molar-refractivity contribution is -0.131. The lowest BCUT2D eigenvalue weighted by Gasteiger charge is -2.41. The van der Waals surface area contributed by atoms with Gasteiger partial charge in [0.2, 0.25) is 5.91 Å². The fourth-order valence-corrected chi connectivity index (χ4v) is 8.43. The van der Waals surface area contributed by atoms with Crippen LogP contribution in [0.25, 0.3) is 11.2 Å². The normalized spacial score (nSPS) is 18.0. The summed E-state index contributed by atoms with van der Waals surface area (Å²) in [5.41, 5.74) is 3.79. The molecule has 60 heavy (non-hydrogen) atoms. The van der Waals surface area contributed by atoms with Crippen LogP contribution in [0.1, 0.15) is 46.5 Å². The number of aliphatic hydroxyl groups is 1. The van der Waals surface area contributed by atoms with Crippen LogP contribution in [0.2, 0.25) is 0 Å². The van der Waals surface area contributed by atoms with Crippen LogP contribution in [-0.2, 0) is 30.2 Å². The summed E-state index contributed by atoms with van der Waals surface area (Å²) in [6.45, 7) is 1.39. The number of carbonyl (C=O) groups is 1. The Morgan fingerprint density at radius 1 is 0.633 bits per heavy atom. The van der Waals surface area contributed by atoms with Gasteiger partial charge >= 0.3 is 0 Å². The summed E-state index contributed by atoms with van der Waals surface area (Å²) in [4.78, 5) is 25.5. The third-order valence-corrected chi connectivity index (χ3v) is 11.1. The molecule has 6 aromatic carbocycles. The fraction of sp³-hybridized carbons (Fsp3) is 0.160. The van der Waals surface area contributed by atoms with E-state index in [2.05, 4.69) is 56.7 Å². The number of nitrogens with zero attached hydrogens (tertiary/aromatic N) is 4. The summed E-state index contributed by atoms with van der Waals surface area (Å²) in [7, 11) is 0. The zero-order chi connectivity index (χ0) is 40.9. The van der Waals surface area contributed by atoms with Gasteiger partial charge in [0.1, 0.15) is 35.8 Å². The maximum atomic E-state index is 12.8. The smallest absolute Gasteiger partial charge is 0.222 e. The van der Waals surface area contributed by atoms with E-state index in [1.165, 1.54) is 13.3 Å². The van der Waals surface area contributed by atoms with Gasteiger partial charge in [-0.05, 0) is 33.4 Å². The molecule has 2 N–H and O–H groups in total. The van der Waals surface area contributed by atoms with Crippen molar-refractivity contribution in [2.75, 3.05) is 11.9 Å². The minimum Gasteiger partial charge on any atom is -0.386 e. The van der Waals surface area contributed by atoms with Crippen LogP contribution < -0.4 is 5.32 Å². The molecular weight excluding hydrogens is 751 g/mol. The Bertz CT molecular complexity index is 2460. The molecule has 1 amide bonds. The number of aliphatic hydroxyl groups excluding tert-OH is 1. The number of ether oxygens (including phenoxy) is 3. The Hall–Kier alpha value is -6.82. The monoisotopic (exact) mass is 793 g/mol. The number of carbonyl (C=O) groups excluding carboxylic acids is 1. The molecule has 10 nitrogen and oxygen atoms in total. The van der Waals surface area contributed by atoms with Crippen molar-refractivity contribution in [3.8, 4) is 0 Å². The highest BCUT2D eigenvalue weighted by Gasteiger charge is 2.52. The van der Waals surface area contributed by atoms with Crippen molar-refractivity contribution in [3.63, 3.8) is 0 Å². The van der Waals surface area contributed by atoms with E-state index in [-0.39, 0.29) is 18.3 Å². The molecule has 0 radical (unpaired) electrons. The van der Waals surface area contributed by atoms with Crippen molar-refractivity contribution in [1.29, 1.82) is 0 Å². The summed E-state index contributed by atoms with van der Waals surface area (Å²) in [5, 5.41) is 15.5. The molecule has 0 saturated carbocycles. The molecule has 2 aromatic heterocycles. The molecule has 3 heterocycles. The third-order valence-electron chi connectivity index (χ3n) is 11.1. The molecule has 1 aliphatic rings. The predicted octanol–water partition coefficient (Wildman–Crippen LogP) is 8.43. The van der Waals surface area contributed by atoms with Crippen molar-refractivity contribution in [1.82, 2.24) is 19.5 Å². The molecule has 1 aliphatic heterocycles. The van der Waals surface area contributed by atoms with E-state index in [4.69, 9.17) is 14.2 Å². The van der Waals surface area contributed by atoms with Crippen molar-refractivity contribution in [2.45, 2.75) is 42.7 Å². The highest BCUT2D eigenvalue weighted by molar-refractivity contribution is 5.95. The SMILES string of the molecule is CC(=O)Nc1ncnc2c1ncn2[C@@H]1O[C@H](COC(c2ccccc2)(c2ccccc2)c2ccccc2)[C@@H](OC(c2ccccc2)(c2ccccc2)c2ccccc2)[C@H]1O. The molecule has 0 spiro atoms. The number of aromatic nitrogens is 4. The third kappa shape index (κ3) is 7.05. The van der Waals surface area contributed by atoms with Crippen LogP contribution in [0.4, 0.5) is 5.82 Å². The number of hydrogen-bond acceptors (Lipinski definition) is 8. The molecule has 4 atom stereocenters. The zero-order valence-corrected chi connectivity index (χ0v) is 32.9. The Balaban J connectivity index is 1.21. The van der Waals surface area contributed by atoms with Crippen molar-refractivity contribution in [2.24, 2.45) is 0 Å². The second-order valence-electron chi connectivity index (χ2n) is 14.7. The summed E-state index contributed by atoms with van der Waals surface area (Å²) in [6, 6.07) is 60.5. The maximum Gasteiger partial charge on any atom is 0.222 e. The number of anilines is 1. The van der Waals surface area contributed by atoms with Gasteiger partial charge in [0, 0.05) is 6.92 Å². The van der Waals surface area contributed by atoms with Gasteiger partial charge in [-0.25, -0.2) is 15.0 Å². The van der Waals surface area contributed by atoms with Gasteiger partial charge in [0.05, 0.1) is 12.9 Å². The summed E-state index contributed by atoms with van der Waals surface area (Å²) < 4.78 is 23.6. The Morgan fingerprint density at radius 3 is 1.47 bits per heavy atom. The predicted molar refractivity (Wildman–Crippen MR) is 229 cm³/mol. The molecule has 9 rings (SSSR count). The van der Waals surface area contributed by atoms with Crippen LogP contribution in [-0.4, -0.2) is 55.5 Å². The highest BCUT2D eigenvalue weighted by atomic mass is 16.6. The first-order chi connectivity index (χ1) is 29.5. The zero-order valence-electron chi connectivity index (χ0n) is 32.9. The van der Waals surface area contributed by atoms with Crippen LogP contribution in [0.3, 0.4) is 0 Å². The molecule has 0 bridgehead atoms. The van der Waals surface area contributed by atoms with Crippen LogP contribution >= 0.6 is 0 Å². The highest BCUT2D eigenvalue weighted by Crippen LogP contribution is 2.47. The minimum atomic E-state index is -1.27. The molecule has 0 unspecified atom stereocenters. The Morgan fingerprint density at radius 2 is 1.05 bits per heavy atom. The van der Waals surface area contributed by atoms with Crippen LogP contribution in [0, 0.1) is 0 Å². The Labute approximate surface area is 348 Å². The van der Waals surface area contributed by atoms with Gasteiger partial charge in [-0.15, -0.1) is 0 Å². The van der Waals surface area contributed by atoms with Gasteiger partial charge < -0.3 is 24.6 Å². The van der Waals surface area contributed by atoms with Crippen molar-refractivity contribution in [3.05, 3.63) is 228 Å². The van der Waals surface area contributed by atoms with Gasteiger partial charge in [-0.2, -0.15) is 0 Å². The van der Waals surface area contributed by atoms with Gasteiger partial charge in [-0.1, -0.05) is 182 Å². The topological polar surface area (TPSA) is 121 Å². The van der Waals surface area contributed by atoms with Gasteiger partial charge in [-0.3, -0.25) is 9.36 Å². The van der Waals surface area contributed by atoms with Crippen molar-refractivity contribution >= 4 is 22.9 Å².